The van der Waals surface area contributed by atoms with Gasteiger partial charge in [0, 0.05) is 47.5 Å². The molecular weight excluding hydrogens is 704 g/mol. The summed E-state index contributed by atoms with van der Waals surface area (Å²) in [6, 6.07) is 5.99. The van der Waals surface area contributed by atoms with E-state index in [9.17, 15) is 28.0 Å². The van der Waals surface area contributed by atoms with Gasteiger partial charge in [0.05, 0.1) is 33.7 Å². The Balaban J connectivity index is 1.35. The van der Waals surface area contributed by atoms with E-state index in [-0.39, 0.29) is 92.3 Å². The molecule has 2 amide bonds. The third-order valence-corrected chi connectivity index (χ3v) is 11.0. The zero-order valence-electron chi connectivity index (χ0n) is 30.5. The lowest BCUT2D eigenvalue weighted by Gasteiger charge is -2.24. The van der Waals surface area contributed by atoms with Gasteiger partial charge in [-0.3, -0.25) is 9.59 Å². The van der Waals surface area contributed by atoms with Crippen molar-refractivity contribution >= 4 is 57.4 Å². The Labute approximate surface area is 310 Å². The number of esters is 2. The second-order valence-corrected chi connectivity index (χ2v) is 14.4. The van der Waals surface area contributed by atoms with Gasteiger partial charge >= 0.3 is 11.9 Å². The van der Waals surface area contributed by atoms with Crippen molar-refractivity contribution in [2.45, 2.75) is 79.1 Å². The molecule has 4 heterocycles. The molecule has 0 bridgehead atoms. The fourth-order valence-corrected chi connectivity index (χ4v) is 8.06. The molecule has 0 radical (unpaired) electrons. The highest BCUT2D eigenvalue weighted by atomic mass is 19.1. The zero-order valence-corrected chi connectivity index (χ0v) is 30.5. The van der Waals surface area contributed by atoms with Crippen molar-refractivity contribution in [2.24, 2.45) is 11.8 Å². The summed E-state index contributed by atoms with van der Waals surface area (Å²) >= 11 is 0. The average molecular weight is 745 g/mol. The molecule has 0 aromatic heterocycles. The summed E-state index contributed by atoms with van der Waals surface area (Å²) in [6.07, 6.45) is 6.62. The van der Waals surface area contributed by atoms with Gasteiger partial charge in [-0.2, -0.15) is 0 Å². The summed E-state index contributed by atoms with van der Waals surface area (Å²) in [4.78, 5) is 58.1. The van der Waals surface area contributed by atoms with Gasteiger partial charge in [-0.25, -0.2) is 27.2 Å². The quantitative estimate of drug-likeness (QED) is 0.0796. The predicted octanol–water partition coefficient (Wildman–Crippen LogP) is 9.03. The molecule has 12 heteroatoms. The third-order valence-electron chi connectivity index (χ3n) is 11.0. The van der Waals surface area contributed by atoms with Gasteiger partial charge in [-0.1, -0.05) is 66.2 Å². The summed E-state index contributed by atoms with van der Waals surface area (Å²) in [7, 11) is 0. The van der Waals surface area contributed by atoms with Crippen LogP contribution < -0.4 is 19.3 Å². The first-order valence-electron chi connectivity index (χ1n) is 18.7. The number of anilines is 2. The van der Waals surface area contributed by atoms with E-state index in [1.807, 2.05) is 27.7 Å². The molecule has 0 saturated carbocycles. The SMILES string of the molecule is CCCCC(CC)CN1C(=O)C(=C2C(=O)Oc3cc4c(cc32)OC(=O)C4=C2C(=O)N(CC(CC)CCCC)c3c(F)cc(F)cc32)c2cc(F)cc(F)c21. The third kappa shape index (κ3) is 6.09. The lowest BCUT2D eigenvalue weighted by molar-refractivity contribution is -0.127. The van der Waals surface area contributed by atoms with Crippen molar-refractivity contribution in [3.8, 4) is 11.5 Å². The molecule has 4 aliphatic rings. The van der Waals surface area contributed by atoms with Crippen LogP contribution in [0.5, 0.6) is 11.5 Å². The van der Waals surface area contributed by atoms with Gasteiger partial charge < -0.3 is 19.3 Å². The van der Waals surface area contributed by atoms with Crippen LogP contribution in [0.4, 0.5) is 28.9 Å². The van der Waals surface area contributed by atoms with E-state index in [0.29, 0.717) is 25.0 Å². The fourth-order valence-electron chi connectivity index (χ4n) is 8.06. The number of carbonyl (C=O) groups is 4. The molecule has 0 aliphatic carbocycles. The molecule has 2 unspecified atom stereocenters. The number of hydrogen-bond donors (Lipinski definition) is 0. The molecule has 7 rings (SSSR count). The highest BCUT2D eigenvalue weighted by Crippen LogP contribution is 2.52. The van der Waals surface area contributed by atoms with Gasteiger partial charge in [0.25, 0.3) is 11.8 Å². The number of amides is 2. The zero-order chi connectivity index (χ0) is 38.6. The van der Waals surface area contributed by atoms with E-state index >= 15 is 8.78 Å². The van der Waals surface area contributed by atoms with Crippen LogP contribution >= 0.6 is 0 Å². The van der Waals surface area contributed by atoms with E-state index in [1.165, 1.54) is 21.9 Å². The topological polar surface area (TPSA) is 93.2 Å². The summed E-state index contributed by atoms with van der Waals surface area (Å²) < 4.78 is 71.7. The molecule has 8 nitrogen and oxygen atoms in total. The van der Waals surface area contributed by atoms with Gasteiger partial charge in [0.1, 0.15) is 34.8 Å². The van der Waals surface area contributed by atoms with Crippen LogP contribution in [0, 0.1) is 35.1 Å². The number of nitrogens with zero attached hydrogens (tertiary/aromatic N) is 2. The maximum absolute atomic E-state index is 15.5. The molecular formula is C42H40F4N2O6. The first kappa shape index (κ1) is 37.1. The molecule has 0 fully saturated rings. The second-order valence-electron chi connectivity index (χ2n) is 14.4. The predicted molar refractivity (Wildman–Crippen MR) is 195 cm³/mol. The minimum absolute atomic E-state index is 0.0120. The van der Waals surface area contributed by atoms with Crippen molar-refractivity contribution in [1.82, 2.24) is 0 Å². The smallest absolute Gasteiger partial charge is 0.345 e. The standard InChI is InChI=1S/C42H40F4N2O6/c1-5-9-11-21(7-3)19-47-37-27(13-23(43)15-29(37)45)33(39(47)49)35-25-17-32-26(18-31(25)53-41(35)51)36(42(52)54-32)34-28-14-24(44)16-30(46)38(28)48(40(34)50)20-22(8-4)12-10-6-2/h13-18,21-22H,5-12,19-20H2,1-4H3. The van der Waals surface area contributed by atoms with Gasteiger partial charge in [-0.05, 0) is 48.9 Å². The van der Waals surface area contributed by atoms with E-state index in [2.05, 4.69) is 0 Å². The fraction of sp³-hybridized carbons (Fsp3) is 0.381. The Morgan fingerprint density at radius 2 is 0.926 bits per heavy atom. The summed E-state index contributed by atoms with van der Waals surface area (Å²) in [5.74, 6) is -7.32. The largest absolute Gasteiger partial charge is 0.422 e. The molecule has 282 valence electrons. The first-order chi connectivity index (χ1) is 25.9. The number of rotatable bonds is 12. The number of benzene rings is 3. The number of fused-ring (bicyclic) bond motifs is 4. The molecule has 0 N–H and O–H groups in total. The molecule has 3 aromatic rings. The van der Waals surface area contributed by atoms with Crippen molar-refractivity contribution < 1.29 is 46.2 Å². The molecule has 54 heavy (non-hydrogen) atoms. The summed E-state index contributed by atoms with van der Waals surface area (Å²) in [5.41, 5.74) is -1.45. The number of ether oxygens (including phenoxy) is 2. The van der Waals surface area contributed by atoms with E-state index in [4.69, 9.17) is 9.47 Å². The van der Waals surface area contributed by atoms with Crippen LogP contribution in [0.15, 0.2) is 36.4 Å². The molecule has 0 saturated heterocycles. The Bertz CT molecular complexity index is 2040. The number of halogens is 4. The van der Waals surface area contributed by atoms with Crippen molar-refractivity contribution in [1.29, 1.82) is 0 Å². The van der Waals surface area contributed by atoms with E-state index < -0.39 is 47.0 Å². The van der Waals surface area contributed by atoms with Crippen LogP contribution in [0.25, 0.3) is 22.3 Å². The van der Waals surface area contributed by atoms with Crippen LogP contribution in [0.2, 0.25) is 0 Å². The van der Waals surface area contributed by atoms with Crippen molar-refractivity contribution in [3.63, 3.8) is 0 Å². The Hall–Kier alpha value is -5.26. The summed E-state index contributed by atoms with van der Waals surface area (Å²) in [6.45, 7) is 8.31. The Morgan fingerprint density at radius 1 is 0.537 bits per heavy atom. The van der Waals surface area contributed by atoms with E-state index in [0.717, 1.165) is 50.7 Å². The Morgan fingerprint density at radius 3 is 1.28 bits per heavy atom. The van der Waals surface area contributed by atoms with Gasteiger partial charge in [0.2, 0.25) is 0 Å². The minimum atomic E-state index is -0.969. The van der Waals surface area contributed by atoms with Crippen molar-refractivity contribution in [3.05, 3.63) is 81.9 Å². The maximum atomic E-state index is 15.5. The minimum Gasteiger partial charge on any atom is -0.422 e. The molecule has 4 aliphatic heterocycles. The maximum Gasteiger partial charge on any atom is 0.345 e. The monoisotopic (exact) mass is 744 g/mol. The second kappa shape index (κ2) is 14.5. The summed E-state index contributed by atoms with van der Waals surface area (Å²) in [5, 5.41) is 0. The number of hydrogen-bond acceptors (Lipinski definition) is 6. The molecule has 2 atom stereocenters. The van der Waals surface area contributed by atoms with Crippen molar-refractivity contribution in [2.75, 3.05) is 22.9 Å². The molecule has 3 aromatic carbocycles. The Kier molecular flexibility index (Phi) is 9.97. The van der Waals surface area contributed by atoms with Gasteiger partial charge in [-0.15, -0.1) is 0 Å². The van der Waals surface area contributed by atoms with Crippen LogP contribution in [0.1, 0.15) is 101 Å². The normalized spacial score (nSPS) is 19.6. The highest BCUT2D eigenvalue weighted by Gasteiger charge is 2.46. The van der Waals surface area contributed by atoms with Gasteiger partial charge in [0.15, 0.2) is 0 Å². The lowest BCUT2D eigenvalue weighted by atomic mass is 9.92. The van der Waals surface area contributed by atoms with Crippen LogP contribution in [-0.4, -0.2) is 36.8 Å². The average Bonchev–Trinajstić information content (AvgIpc) is 3.79. The first-order valence-corrected chi connectivity index (χ1v) is 18.7. The van der Waals surface area contributed by atoms with E-state index in [1.54, 1.807) is 0 Å². The number of carbonyl (C=O) groups excluding carboxylic acids is 4. The number of unbranched alkanes of at least 4 members (excludes halogenated alkanes) is 2. The lowest BCUT2D eigenvalue weighted by Crippen LogP contribution is -2.32. The highest BCUT2D eigenvalue weighted by molar-refractivity contribution is 6.48. The van der Waals surface area contributed by atoms with Crippen LogP contribution in [0.3, 0.4) is 0 Å². The molecule has 0 spiro atoms. The van der Waals surface area contributed by atoms with Crippen LogP contribution in [-0.2, 0) is 19.2 Å².